The molecule has 0 aliphatic heterocycles. The summed E-state index contributed by atoms with van der Waals surface area (Å²) in [7, 11) is 0. The molecule has 0 bridgehead atoms. The topological polar surface area (TPSA) is 59.2 Å². The summed E-state index contributed by atoms with van der Waals surface area (Å²) < 4.78 is 0.847. The van der Waals surface area contributed by atoms with E-state index in [1.54, 1.807) is 35.4 Å². The first-order chi connectivity index (χ1) is 9.11. The second-order valence-electron chi connectivity index (χ2n) is 4.00. The summed E-state index contributed by atoms with van der Waals surface area (Å²) in [4.78, 5) is 18.2. The minimum atomic E-state index is -0.125. The van der Waals surface area contributed by atoms with E-state index in [2.05, 4.69) is 20.9 Å². The number of rotatable bonds is 3. The predicted octanol–water partition coefficient (Wildman–Crippen LogP) is 3.09. The molecule has 1 amide bonds. The number of nitrogens with two attached hydrogens (primary N) is 1. The van der Waals surface area contributed by atoms with Crippen molar-refractivity contribution in [2.45, 2.75) is 6.92 Å². The number of hydrogen-bond donors (Lipinski definition) is 1. The molecule has 1 aromatic heterocycles. The van der Waals surface area contributed by atoms with Gasteiger partial charge in [-0.05, 0) is 59.3 Å². The fraction of sp³-hybridized carbons (Fsp3) is 0.143. The molecule has 4 nitrogen and oxygen atoms in total. The van der Waals surface area contributed by atoms with Crippen molar-refractivity contribution in [3.63, 3.8) is 0 Å². The highest BCUT2D eigenvalue weighted by molar-refractivity contribution is 9.10. The minimum Gasteiger partial charge on any atom is -0.399 e. The SMILES string of the molecule is CCN(C(=O)c1ccc(Br)cn1)c1ccc(N)cc1. The van der Waals surface area contributed by atoms with Crippen molar-refractivity contribution in [1.82, 2.24) is 4.98 Å². The van der Waals surface area contributed by atoms with Gasteiger partial charge in [0, 0.05) is 28.6 Å². The van der Waals surface area contributed by atoms with Crippen molar-refractivity contribution in [2.24, 2.45) is 0 Å². The van der Waals surface area contributed by atoms with Crippen molar-refractivity contribution in [2.75, 3.05) is 17.2 Å². The van der Waals surface area contributed by atoms with Crippen LogP contribution in [0.1, 0.15) is 17.4 Å². The highest BCUT2D eigenvalue weighted by Crippen LogP contribution is 2.18. The zero-order valence-electron chi connectivity index (χ0n) is 10.5. The number of benzene rings is 1. The standard InChI is InChI=1S/C14H14BrN3O/c1-2-18(12-6-4-11(16)5-7-12)14(19)13-8-3-10(15)9-17-13/h3-9H,2,16H2,1H3. The molecule has 0 saturated carbocycles. The Balaban J connectivity index is 2.29. The van der Waals surface area contributed by atoms with E-state index < -0.39 is 0 Å². The molecule has 19 heavy (non-hydrogen) atoms. The minimum absolute atomic E-state index is 0.125. The summed E-state index contributed by atoms with van der Waals surface area (Å²) in [5, 5.41) is 0. The number of nitrogen functional groups attached to an aromatic ring is 1. The fourth-order valence-electron chi connectivity index (χ4n) is 1.74. The Hall–Kier alpha value is -1.88. The van der Waals surface area contributed by atoms with E-state index in [1.807, 2.05) is 19.1 Å². The number of anilines is 2. The molecule has 0 fully saturated rings. The zero-order valence-corrected chi connectivity index (χ0v) is 12.1. The molecule has 0 unspecified atom stereocenters. The van der Waals surface area contributed by atoms with Gasteiger partial charge in [-0.3, -0.25) is 4.79 Å². The van der Waals surface area contributed by atoms with Gasteiger partial charge in [0.25, 0.3) is 5.91 Å². The van der Waals surface area contributed by atoms with Crippen molar-refractivity contribution in [3.8, 4) is 0 Å². The lowest BCUT2D eigenvalue weighted by molar-refractivity contribution is 0.0983. The average Bonchev–Trinajstić information content (AvgIpc) is 2.42. The molecule has 0 radical (unpaired) electrons. The Bertz CT molecular complexity index is 566. The second-order valence-corrected chi connectivity index (χ2v) is 4.92. The largest absolute Gasteiger partial charge is 0.399 e. The lowest BCUT2D eigenvalue weighted by Gasteiger charge is -2.20. The van der Waals surface area contributed by atoms with E-state index in [9.17, 15) is 4.79 Å². The summed E-state index contributed by atoms with van der Waals surface area (Å²) in [6.07, 6.45) is 1.62. The van der Waals surface area contributed by atoms with Crippen LogP contribution in [0.2, 0.25) is 0 Å². The van der Waals surface area contributed by atoms with E-state index in [4.69, 9.17) is 5.73 Å². The first kappa shape index (κ1) is 13.5. The smallest absolute Gasteiger partial charge is 0.276 e. The van der Waals surface area contributed by atoms with E-state index in [1.165, 1.54) is 0 Å². The van der Waals surface area contributed by atoms with Crippen LogP contribution in [-0.2, 0) is 0 Å². The molecule has 0 saturated heterocycles. The Labute approximate surface area is 120 Å². The molecule has 1 aromatic carbocycles. The first-order valence-corrected chi connectivity index (χ1v) is 6.70. The van der Waals surface area contributed by atoms with Gasteiger partial charge < -0.3 is 10.6 Å². The molecule has 5 heteroatoms. The number of halogens is 1. The fourth-order valence-corrected chi connectivity index (χ4v) is 1.97. The quantitative estimate of drug-likeness (QED) is 0.884. The van der Waals surface area contributed by atoms with E-state index in [0.29, 0.717) is 17.9 Å². The summed E-state index contributed by atoms with van der Waals surface area (Å²) in [5.74, 6) is -0.125. The Morgan fingerprint density at radius 1 is 1.26 bits per heavy atom. The van der Waals surface area contributed by atoms with Crippen LogP contribution < -0.4 is 10.6 Å². The van der Waals surface area contributed by atoms with Crippen LogP contribution >= 0.6 is 15.9 Å². The van der Waals surface area contributed by atoms with Crippen LogP contribution in [-0.4, -0.2) is 17.4 Å². The predicted molar refractivity (Wildman–Crippen MR) is 80.1 cm³/mol. The molecule has 0 aliphatic rings. The molecule has 2 rings (SSSR count). The van der Waals surface area contributed by atoms with Crippen LogP contribution in [0.15, 0.2) is 47.1 Å². The molecule has 0 spiro atoms. The van der Waals surface area contributed by atoms with Gasteiger partial charge in [0.15, 0.2) is 0 Å². The highest BCUT2D eigenvalue weighted by atomic mass is 79.9. The maximum Gasteiger partial charge on any atom is 0.276 e. The lowest BCUT2D eigenvalue weighted by atomic mass is 10.2. The zero-order chi connectivity index (χ0) is 13.8. The maximum atomic E-state index is 12.4. The highest BCUT2D eigenvalue weighted by Gasteiger charge is 2.16. The van der Waals surface area contributed by atoms with Crippen molar-refractivity contribution < 1.29 is 4.79 Å². The molecule has 2 aromatic rings. The number of pyridine rings is 1. The van der Waals surface area contributed by atoms with Crippen molar-refractivity contribution in [1.29, 1.82) is 0 Å². The van der Waals surface area contributed by atoms with Gasteiger partial charge in [-0.1, -0.05) is 0 Å². The number of amides is 1. The van der Waals surface area contributed by atoms with Crippen molar-refractivity contribution >= 4 is 33.2 Å². The van der Waals surface area contributed by atoms with Gasteiger partial charge in [0.05, 0.1) is 0 Å². The molecule has 0 aliphatic carbocycles. The first-order valence-electron chi connectivity index (χ1n) is 5.90. The lowest BCUT2D eigenvalue weighted by Crippen LogP contribution is -2.31. The van der Waals surface area contributed by atoms with Crippen LogP contribution in [0.4, 0.5) is 11.4 Å². The van der Waals surface area contributed by atoms with Gasteiger partial charge in [-0.15, -0.1) is 0 Å². The maximum absolute atomic E-state index is 12.4. The number of hydrogen-bond acceptors (Lipinski definition) is 3. The Kier molecular flexibility index (Phi) is 4.16. The Morgan fingerprint density at radius 2 is 1.95 bits per heavy atom. The molecular formula is C14H14BrN3O. The molecule has 98 valence electrons. The monoisotopic (exact) mass is 319 g/mol. The van der Waals surface area contributed by atoms with E-state index in [0.717, 1.165) is 10.2 Å². The average molecular weight is 320 g/mol. The van der Waals surface area contributed by atoms with Gasteiger partial charge in [-0.2, -0.15) is 0 Å². The van der Waals surface area contributed by atoms with Crippen LogP contribution in [0.25, 0.3) is 0 Å². The van der Waals surface area contributed by atoms with Gasteiger partial charge in [0.1, 0.15) is 5.69 Å². The molecule has 2 N–H and O–H groups in total. The van der Waals surface area contributed by atoms with Crippen LogP contribution in [0.3, 0.4) is 0 Å². The molecule has 1 heterocycles. The number of carbonyl (C=O) groups is 1. The van der Waals surface area contributed by atoms with Gasteiger partial charge in [0.2, 0.25) is 0 Å². The second kappa shape index (κ2) is 5.84. The molecular weight excluding hydrogens is 306 g/mol. The molecule has 0 atom stereocenters. The summed E-state index contributed by atoms with van der Waals surface area (Å²) in [6, 6.07) is 10.7. The van der Waals surface area contributed by atoms with Gasteiger partial charge in [-0.25, -0.2) is 4.98 Å². The normalized spacial score (nSPS) is 10.2. The third-order valence-electron chi connectivity index (χ3n) is 2.71. The van der Waals surface area contributed by atoms with Gasteiger partial charge >= 0.3 is 0 Å². The Morgan fingerprint density at radius 3 is 2.47 bits per heavy atom. The third kappa shape index (κ3) is 3.12. The summed E-state index contributed by atoms with van der Waals surface area (Å²) >= 11 is 3.30. The van der Waals surface area contributed by atoms with Crippen molar-refractivity contribution in [3.05, 3.63) is 52.8 Å². The van der Waals surface area contributed by atoms with Crippen LogP contribution in [0, 0.1) is 0 Å². The number of carbonyl (C=O) groups excluding carboxylic acids is 1. The number of nitrogens with zero attached hydrogens (tertiary/aromatic N) is 2. The third-order valence-corrected chi connectivity index (χ3v) is 3.18. The van der Waals surface area contributed by atoms with Crippen LogP contribution in [0.5, 0.6) is 0 Å². The van der Waals surface area contributed by atoms with E-state index in [-0.39, 0.29) is 5.91 Å². The summed E-state index contributed by atoms with van der Waals surface area (Å²) in [6.45, 7) is 2.49. The van der Waals surface area contributed by atoms with E-state index >= 15 is 0 Å². The number of aromatic nitrogens is 1. The summed E-state index contributed by atoms with van der Waals surface area (Å²) in [5.41, 5.74) is 7.56.